The molecule has 0 spiro atoms. The fourth-order valence-corrected chi connectivity index (χ4v) is 2.65. The normalized spacial score (nSPS) is 10.6. The zero-order chi connectivity index (χ0) is 18.4. The molecule has 0 saturated heterocycles. The Morgan fingerprint density at radius 2 is 1.76 bits per heavy atom. The van der Waals surface area contributed by atoms with Gasteiger partial charge in [0.2, 0.25) is 0 Å². The average Bonchev–Trinajstić information content (AvgIpc) is 2.57. The molecule has 25 heavy (non-hydrogen) atoms. The molecule has 0 aliphatic rings. The summed E-state index contributed by atoms with van der Waals surface area (Å²) < 4.78 is 5.61. The maximum Gasteiger partial charge on any atom is 0.255 e. The largest absolute Gasteiger partial charge is 0.491 e. The van der Waals surface area contributed by atoms with Crippen molar-refractivity contribution in [1.82, 2.24) is 0 Å². The number of hydrogen-bond donors (Lipinski definition) is 2. The van der Waals surface area contributed by atoms with Crippen LogP contribution in [0.5, 0.6) is 5.75 Å². The van der Waals surface area contributed by atoms with Gasteiger partial charge in [0.25, 0.3) is 5.91 Å². The van der Waals surface area contributed by atoms with Gasteiger partial charge in [-0.15, -0.1) is 0 Å². The van der Waals surface area contributed by atoms with Crippen LogP contribution in [-0.2, 0) is 0 Å². The molecule has 0 aromatic heterocycles. The molecule has 0 heterocycles. The summed E-state index contributed by atoms with van der Waals surface area (Å²) in [5, 5.41) is 2.98. The minimum absolute atomic E-state index is 0.101. The number of benzene rings is 2. The summed E-state index contributed by atoms with van der Waals surface area (Å²) in [4.78, 5) is 14.8. The second kappa shape index (κ2) is 8.42. The topological polar surface area (TPSA) is 67.6 Å². The summed E-state index contributed by atoms with van der Waals surface area (Å²) >= 11 is 0. The first-order valence-electron chi connectivity index (χ1n) is 8.67. The Balaban J connectivity index is 2.21. The van der Waals surface area contributed by atoms with Crippen LogP contribution in [0.15, 0.2) is 42.5 Å². The summed E-state index contributed by atoms with van der Waals surface area (Å²) in [6.07, 6.45) is 0.101. The van der Waals surface area contributed by atoms with Gasteiger partial charge in [0, 0.05) is 24.3 Å². The number of nitrogens with zero attached hydrogens (tertiary/aromatic N) is 1. The van der Waals surface area contributed by atoms with Crippen molar-refractivity contribution in [3.05, 3.63) is 48.0 Å². The molecule has 0 unspecified atom stereocenters. The monoisotopic (exact) mass is 341 g/mol. The molecule has 5 nitrogen and oxygen atoms in total. The number of rotatable bonds is 7. The van der Waals surface area contributed by atoms with Crippen molar-refractivity contribution in [2.45, 2.75) is 33.8 Å². The zero-order valence-corrected chi connectivity index (χ0v) is 15.4. The number of nitrogens with one attached hydrogen (secondary N) is 1. The van der Waals surface area contributed by atoms with Crippen LogP contribution in [0.4, 0.5) is 17.1 Å². The van der Waals surface area contributed by atoms with Crippen molar-refractivity contribution in [3.8, 4) is 5.75 Å². The predicted molar refractivity (Wildman–Crippen MR) is 105 cm³/mol. The van der Waals surface area contributed by atoms with Gasteiger partial charge >= 0.3 is 0 Å². The van der Waals surface area contributed by atoms with Crippen molar-refractivity contribution in [1.29, 1.82) is 0 Å². The van der Waals surface area contributed by atoms with Crippen LogP contribution in [0.2, 0.25) is 0 Å². The van der Waals surface area contributed by atoms with Crippen LogP contribution < -0.4 is 20.7 Å². The zero-order valence-electron chi connectivity index (χ0n) is 15.4. The Morgan fingerprint density at radius 1 is 1.12 bits per heavy atom. The van der Waals surface area contributed by atoms with Gasteiger partial charge in [-0.05, 0) is 70.2 Å². The first-order valence-corrected chi connectivity index (χ1v) is 8.67. The number of ether oxygens (including phenoxy) is 1. The molecule has 0 aliphatic carbocycles. The fourth-order valence-electron chi connectivity index (χ4n) is 2.65. The summed E-state index contributed by atoms with van der Waals surface area (Å²) in [6, 6.07) is 12.7. The summed E-state index contributed by atoms with van der Waals surface area (Å²) in [6.45, 7) is 9.80. The van der Waals surface area contributed by atoms with Gasteiger partial charge < -0.3 is 20.7 Å². The number of carbonyl (C=O) groups is 1. The molecule has 2 rings (SSSR count). The third kappa shape index (κ3) is 4.89. The third-order valence-corrected chi connectivity index (χ3v) is 3.86. The van der Waals surface area contributed by atoms with Crippen LogP contribution in [0.3, 0.4) is 0 Å². The van der Waals surface area contributed by atoms with E-state index in [1.54, 1.807) is 30.3 Å². The van der Waals surface area contributed by atoms with Crippen molar-refractivity contribution in [3.63, 3.8) is 0 Å². The van der Waals surface area contributed by atoms with Crippen molar-refractivity contribution < 1.29 is 9.53 Å². The Bertz CT molecular complexity index is 707. The molecule has 134 valence electrons. The highest BCUT2D eigenvalue weighted by atomic mass is 16.5. The lowest BCUT2D eigenvalue weighted by atomic mass is 10.1. The van der Waals surface area contributed by atoms with Crippen LogP contribution in [0.25, 0.3) is 0 Å². The number of nitrogen functional groups attached to an aromatic ring is 1. The Kier molecular flexibility index (Phi) is 6.28. The number of nitrogens with two attached hydrogens (primary N) is 1. The van der Waals surface area contributed by atoms with Gasteiger partial charge in [-0.1, -0.05) is 0 Å². The molecule has 3 N–H and O–H groups in total. The van der Waals surface area contributed by atoms with Crippen molar-refractivity contribution in [2.24, 2.45) is 0 Å². The number of anilines is 3. The second-order valence-corrected chi connectivity index (χ2v) is 6.09. The number of amides is 1. The van der Waals surface area contributed by atoms with E-state index in [1.807, 2.05) is 26.0 Å². The van der Waals surface area contributed by atoms with Crippen LogP contribution in [0.1, 0.15) is 38.1 Å². The van der Waals surface area contributed by atoms with E-state index in [2.05, 4.69) is 24.1 Å². The molecule has 5 heteroatoms. The molecule has 0 bridgehead atoms. The lowest BCUT2D eigenvalue weighted by Crippen LogP contribution is -2.24. The lowest BCUT2D eigenvalue weighted by molar-refractivity contribution is 0.102. The van der Waals surface area contributed by atoms with E-state index in [9.17, 15) is 4.79 Å². The van der Waals surface area contributed by atoms with Crippen LogP contribution in [-0.4, -0.2) is 25.1 Å². The highest BCUT2D eigenvalue weighted by molar-refractivity contribution is 6.06. The predicted octanol–water partition coefficient (Wildman–Crippen LogP) is 4.15. The standard InChI is InChI=1S/C20H27N3O2/c1-5-23(6-2)19-12-9-16(21)13-18(19)22-20(24)15-7-10-17(11-8-15)25-14(3)4/h7-14H,5-6,21H2,1-4H3,(H,22,24). The van der Waals surface area contributed by atoms with E-state index in [1.165, 1.54) is 0 Å². The Labute approximate surface area is 149 Å². The Morgan fingerprint density at radius 3 is 2.32 bits per heavy atom. The van der Waals surface area contributed by atoms with Gasteiger partial charge in [0.1, 0.15) is 5.75 Å². The maximum atomic E-state index is 12.6. The van der Waals surface area contributed by atoms with Crippen LogP contribution >= 0.6 is 0 Å². The maximum absolute atomic E-state index is 12.6. The van der Waals surface area contributed by atoms with E-state index in [0.717, 1.165) is 30.2 Å². The first kappa shape index (κ1) is 18.6. The van der Waals surface area contributed by atoms with Gasteiger partial charge in [0.15, 0.2) is 0 Å². The minimum atomic E-state index is -0.171. The van der Waals surface area contributed by atoms with E-state index in [4.69, 9.17) is 10.5 Å². The van der Waals surface area contributed by atoms with Gasteiger partial charge in [-0.2, -0.15) is 0 Å². The average molecular weight is 341 g/mol. The van der Waals surface area contributed by atoms with Gasteiger partial charge in [0.05, 0.1) is 17.5 Å². The smallest absolute Gasteiger partial charge is 0.255 e. The quantitative estimate of drug-likeness (QED) is 0.742. The number of hydrogen-bond acceptors (Lipinski definition) is 4. The Hall–Kier alpha value is -2.69. The molecular weight excluding hydrogens is 314 g/mol. The van der Waals surface area contributed by atoms with E-state index >= 15 is 0 Å². The minimum Gasteiger partial charge on any atom is -0.491 e. The molecule has 1 amide bonds. The van der Waals surface area contributed by atoms with Crippen molar-refractivity contribution >= 4 is 23.0 Å². The molecule has 2 aromatic rings. The molecule has 2 aromatic carbocycles. The molecular formula is C20H27N3O2. The summed E-state index contributed by atoms with van der Waals surface area (Å²) in [5.74, 6) is 0.578. The molecule has 0 atom stereocenters. The lowest BCUT2D eigenvalue weighted by Gasteiger charge is -2.24. The van der Waals surface area contributed by atoms with Gasteiger partial charge in [-0.25, -0.2) is 0 Å². The molecule has 0 fully saturated rings. The molecule has 0 radical (unpaired) electrons. The third-order valence-electron chi connectivity index (χ3n) is 3.86. The summed E-state index contributed by atoms with van der Waals surface area (Å²) in [5.41, 5.74) is 8.78. The molecule has 0 saturated carbocycles. The van der Waals surface area contributed by atoms with E-state index in [0.29, 0.717) is 11.3 Å². The first-order chi connectivity index (χ1) is 11.9. The van der Waals surface area contributed by atoms with Crippen molar-refractivity contribution in [2.75, 3.05) is 29.0 Å². The SMILES string of the molecule is CCN(CC)c1ccc(N)cc1NC(=O)c1ccc(OC(C)C)cc1. The van der Waals surface area contributed by atoms with Gasteiger partial charge in [-0.3, -0.25) is 4.79 Å². The van der Waals surface area contributed by atoms with E-state index < -0.39 is 0 Å². The van der Waals surface area contributed by atoms with E-state index in [-0.39, 0.29) is 12.0 Å². The molecule has 0 aliphatic heterocycles. The highest BCUT2D eigenvalue weighted by Crippen LogP contribution is 2.28. The number of carbonyl (C=O) groups excluding carboxylic acids is 1. The second-order valence-electron chi connectivity index (χ2n) is 6.09. The fraction of sp³-hybridized carbons (Fsp3) is 0.350. The van der Waals surface area contributed by atoms with Crippen LogP contribution in [0, 0.1) is 0 Å². The summed E-state index contributed by atoms with van der Waals surface area (Å²) in [7, 11) is 0. The highest BCUT2D eigenvalue weighted by Gasteiger charge is 2.13.